The topological polar surface area (TPSA) is 45.2 Å². The molecule has 0 radical (unpaired) electrons. The van der Waals surface area contributed by atoms with Crippen molar-refractivity contribution in [1.29, 1.82) is 0 Å². The molecule has 1 aliphatic rings. The molecular formula is C12H17N3O. The maximum atomic E-state index is 12.2. The Morgan fingerprint density at radius 2 is 2.19 bits per heavy atom. The summed E-state index contributed by atoms with van der Waals surface area (Å²) in [5, 5.41) is 3.20. The molecule has 0 spiro atoms. The van der Waals surface area contributed by atoms with Crippen molar-refractivity contribution in [3.8, 4) is 0 Å². The van der Waals surface area contributed by atoms with E-state index in [0.717, 1.165) is 31.6 Å². The van der Waals surface area contributed by atoms with Gasteiger partial charge in [-0.2, -0.15) is 0 Å². The molecule has 1 aliphatic heterocycles. The predicted octanol–water partition coefficient (Wildman–Crippen LogP) is 0.906. The molecule has 16 heavy (non-hydrogen) atoms. The molecule has 0 aromatic carbocycles. The Kier molecular flexibility index (Phi) is 3.51. The largest absolute Gasteiger partial charge is 0.333 e. The molecule has 86 valence electrons. The van der Waals surface area contributed by atoms with Crippen LogP contribution in [0.15, 0.2) is 24.5 Å². The van der Waals surface area contributed by atoms with Crippen molar-refractivity contribution in [2.45, 2.75) is 19.4 Å². The van der Waals surface area contributed by atoms with Gasteiger partial charge in [0.2, 0.25) is 0 Å². The van der Waals surface area contributed by atoms with Gasteiger partial charge >= 0.3 is 0 Å². The fourth-order valence-corrected chi connectivity index (χ4v) is 1.84. The van der Waals surface area contributed by atoms with E-state index < -0.39 is 0 Å². The fourth-order valence-electron chi connectivity index (χ4n) is 1.84. The summed E-state index contributed by atoms with van der Waals surface area (Å²) < 4.78 is 0. The van der Waals surface area contributed by atoms with Gasteiger partial charge in [-0.15, -0.1) is 0 Å². The van der Waals surface area contributed by atoms with E-state index in [0.29, 0.717) is 6.04 Å². The minimum Gasteiger partial charge on any atom is -0.333 e. The van der Waals surface area contributed by atoms with Crippen LogP contribution in [0.25, 0.3) is 0 Å². The van der Waals surface area contributed by atoms with E-state index in [9.17, 15) is 4.79 Å². The highest BCUT2D eigenvalue weighted by Gasteiger charge is 2.28. The number of nitrogens with zero attached hydrogens (tertiary/aromatic N) is 2. The summed E-state index contributed by atoms with van der Waals surface area (Å²) >= 11 is 0. The van der Waals surface area contributed by atoms with Crippen LogP contribution in [0.2, 0.25) is 0 Å². The first-order valence-electron chi connectivity index (χ1n) is 5.74. The van der Waals surface area contributed by atoms with Gasteiger partial charge in [0.05, 0.1) is 6.04 Å². The molecule has 0 atom stereocenters. The second kappa shape index (κ2) is 5.07. The molecule has 0 aliphatic carbocycles. The molecule has 1 fully saturated rings. The van der Waals surface area contributed by atoms with Gasteiger partial charge in [0, 0.05) is 37.6 Å². The number of pyridine rings is 1. The third kappa shape index (κ3) is 2.22. The first-order chi connectivity index (χ1) is 7.83. The normalized spacial score (nSPS) is 15.6. The van der Waals surface area contributed by atoms with E-state index in [2.05, 4.69) is 17.2 Å². The van der Waals surface area contributed by atoms with Gasteiger partial charge in [0.1, 0.15) is 0 Å². The fraction of sp³-hybridized carbons (Fsp3) is 0.500. The number of hydrogen-bond acceptors (Lipinski definition) is 3. The molecule has 4 heteroatoms. The molecule has 1 aromatic heterocycles. The van der Waals surface area contributed by atoms with Crippen LogP contribution in [0, 0.1) is 0 Å². The van der Waals surface area contributed by atoms with Crippen LogP contribution in [0.5, 0.6) is 0 Å². The Morgan fingerprint density at radius 3 is 2.69 bits per heavy atom. The molecule has 0 bridgehead atoms. The summed E-state index contributed by atoms with van der Waals surface area (Å²) in [6.07, 6.45) is 4.32. The number of amides is 1. The molecule has 0 unspecified atom stereocenters. The van der Waals surface area contributed by atoms with Gasteiger partial charge in [0.15, 0.2) is 0 Å². The first-order valence-corrected chi connectivity index (χ1v) is 5.74. The number of carbonyl (C=O) groups is 1. The SMILES string of the molecule is CCCN(C(=O)c1ccncc1)C1CNC1. The maximum absolute atomic E-state index is 12.2. The second-order valence-corrected chi connectivity index (χ2v) is 4.05. The lowest BCUT2D eigenvalue weighted by molar-refractivity contribution is 0.0615. The Morgan fingerprint density at radius 1 is 1.50 bits per heavy atom. The van der Waals surface area contributed by atoms with Crippen molar-refractivity contribution in [3.63, 3.8) is 0 Å². The average molecular weight is 219 g/mol. The van der Waals surface area contributed by atoms with Crippen LogP contribution in [0.3, 0.4) is 0 Å². The first kappa shape index (κ1) is 11.1. The Hall–Kier alpha value is -1.42. The highest BCUT2D eigenvalue weighted by Crippen LogP contribution is 2.11. The number of carbonyl (C=O) groups excluding carboxylic acids is 1. The molecule has 2 rings (SSSR count). The number of rotatable bonds is 4. The quantitative estimate of drug-likeness (QED) is 0.818. The summed E-state index contributed by atoms with van der Waals surface area (Å²) in [4.78, 5) is 18.1. The van der Waals surface area contributed by atoms with Gasteiger partial charge in [-0.1, -0.05) is 6.92 Å². The lowest BCUT2D eigenvalue weighted by Crippen LogP contribution is -2.59. The number of nitrogens with one attached hydrogen (secondary N) is 1. The smallest absolute Gasteiger partial charge is 0.254 e. The van der Waals surface area contributed by atoms with Gasteiger partial charge in [-0.3, -0.25) is 9.78 Å². The van der Waals surface area contributed by atoms with Gasteiger partial charge in [-0.05, 0) is 18.6 Å². The third-order valence-corrected chi connectivity index (χ3v) is 2.85. The number of aromatic nitrogens is 1. The van der Waals surface area contributed by atoms with Crippen LogP contribution in [-0.4, -0.2) is 41.5 Å². The van der Waals surface area contributed by atoms with Crippen molar-refractivity contribution >= 4 is 5.91 Å². The van der Waals surface area contributed by atoms with Crippen molar-refractivity contribution in [2.24, 2.45) is 0 Å². The van der Waals surface area contributed by atoms with E-state index in [1.807, 2.05) is 4.90 Å². The molecular weight excluding hydrogens is 202 g/mol. The van der Waals surface area contributed by atoms with Crippen molar-refractivity contribution in [1.82, 2.24) is 15.2 Å². The van der Waals surface area contributed by atoms with Crippen LogP contribution in [-0.2, 0) is 0 Å². The zero-order valence-corrected chi connectivity index (χ0v) is 9.52. The standard InChI is InChI=1S/C12H17N3O/c1-2-7-15(11-8-14-9-11)12(16)10-3-5-13-6-4-10/h3-6,11,14H,2,7-9H2,1H3. The monoisotopic (exact) mass is 219 g/mol. The zero-order chi connectivity index (χ0) is 11.4. The van der Waals surface area contributed by atoms with E-state index in [4.69, 9.17) is 0 Å². The van der Waals surface area contributed by atoms with Crippen molar-refractivity contribution < 1.29 is 4.79 Å². The molecule has 1 saturated heterocycles. The Bertz CT molecular complexity index is 349. The molecule has 4 nitrogen and oxygen atoms in total. The lowest BCUT2D eigenvalue weighted by atomic mass is 10.1. The van der Waals surface area contributed by atoms with Crippen LogP contribution in [0.4, 0.5) is 0 Å². The van der Waals surface area contributed by atoms with E-state index >= 15 is 0 Å². The van der Waals surface area contributed by atoms with E-state index in [1.165, 1.54) is 0 Å². The van der Waals surface area contributed by atoms with Crippen molar-refractivity contribution in [3.05, 3.63) is 30.1 Å². The van der Waals surface area contributed by atoms with Gasteiger partial charge in [-0.25, -0.2) is 0 Å². The highest BCUT2D eigenvalue weighted by atomic mass is 16.2. The maximum Gasteiger partial charge on any atom is 0.254 e. The van der Waals surface area contributed by atoms with Gasteiger partial charge < -0.3 is 10.2 Å². The molecule has 2 heterocycles. The summed E-state index contributed by atoms with van der Waals surface area (Å²) in [5.41, 5.74) is 0.732. The summed E-state index contributed by atoms with van der Waals surface area (Å²) in [6.45, 7) is 4.75. The second-order valence-electron chi connectivity index (χ2n) is 4.05. The molecule has 1 aromatic rings. The molecule has 1 N–H and O–H groups in total. The van der Waals surface area contributed by atoms with Crippen LogP contribution in [0.1, 0.15) is 23.7 Å². The zero-order valence-electron chi connectivity index (χ0n) is 9.52. The van der Waals surface area contributed by atoms with Crippen molar-refractivity contribution in [2.75, 3.05) is 19.6 Å². The van der Waals surface area contributed by atoms with Gasteiger partial charge in [0.25, 0.3) is 5.91 Å². The molecule has 1 amide bonds. The predicted molar refractivity (Wildman–Crippen MR) is 62.2 cm³/mol. The average Bonchev–Trinajstić information content (AvgIpc) is 2.26. The molecule has 0 saturated carbocycles. The van der Waals surface area contributed by atoms with Crippen LogP contribution < -0.4 is 5.32 Å². The van der Waals surface area contributed by atoms with Crippen LogP contribution >= 0.6 is 0 Å². The Labute approximate surface area is 95.7 Å². The lowest BCUT2D eigenvalue weighted by Gasteiger charge is -2.38. The van der Waals surface area contributed by atoms with E-state index in [-0.39, 0.29) is 5.91 Å². The minimum absolute atomic E-state index is 0.121. The summed E-state index contributed by atoms with van der Waals surface area (Å²) in [7, 11) is 0. The highest BCUT2D eigenvalue weighted by molar-refractivity contribution is 5.94. The van der Waals surface area contributed by atoms with E-state index in [1.54, 1.807) is 24.5 Å². The summed E-state index contributed by atoms with van der Waals surface area (Å²) in [5.74, 6) is 0.121. The minimum atomic E-state index is 0.121. The third-order valence-electron chi connectivity index (χ3n) is 2.85. The number of hydrogen-bond donors (Lipinski definition) is 1. The summed E-state index contributed by atoms with van der Waals surface area (Å²) in [6, 6.07) is 3.91. The Balaban J connectivity index is 2.10.